The number of fused-ring (bicyclic) bond motifs is 2. The molecule has 0 saturated heterocycles. The normalized spacial score (nSPS) is 18.9. The van der Waals surface area contributed by atoms with Gasteiger partial charge in [0.1, 0.15) is 5.75 Å². The lowest BCUT2D eigenvalue weighted by molar-refractivity contribution is 0.0977. The van der Waals surface area contributed by atoms with Crippen molar-refractivity contribution in [2.24, 2.45) is 0 Å². The molecule has 0 aromatic heterocycles. The van der Waals surface area contributed by atoms with Crippen molar-refractivity contribution in [1.82, 2.24) is 0 Å². The maximum atomic E-state index is 13.6. The fraction of sp³-hybridized carbons (Fsp3) is 0.240. The molecule has 2 aliphatic rings. The van der Waals surface area contributed by atoms with E-state index in [4.69, 9.17) is 14.2 Å². The average Bonchev–Trinajstić information content (AvgIpc) is 3.36. The molecule has 3 aromatic carbocycles. The lowest BCUT2D eigenvalue weighted by Gasteiger charge is -2.28. The van der Waals surface area contributed by atoms with Gasteiger partial charge in [0, 0.05) is 17.2 Å². The van der Waals surface area contributed by atoms with Gasteiger partial charge in [-0.15, -0.1) is 0 Å². The summed E-state index contributed by atoms with van der Waals surface area (Å²) >= 11 is 0. The number of carbonyl (C=O) groups is 1. The molecule has 1 amide bonds. The van der Waals surface area contributed by atoms with Crippen molar-refractivity contribution >= 4 is 11.6 Å². The molecule has 0 aliphatic carbocycles. The van der Waals surface area contributed by atoms with Crippen LogP contribution in [-0.2, 0) is 0 Å². The molecule has 0 unspecified atom stereocenters. The monoisotopic (exact) mass is 401 g/mol. The first-order valence-electron chi connectivity index (χ1n) is 10.2. The highest BCUT2D eigenvalue weighted by molar-refractivity contribution is 6.08. The minimum atomic E-state index is -0.154. The van der Waals surface area contributed by atoms with Crippen molar-refractivity contribution in [1.29, 1.82) is 0 Å². The Hall–Kier alpha value is -3.47. The van der Waals surface area contributed by atoms with Gasteiger partial charge in [-0.1, -0.05) is 31.2 Å². The largest absolute Gasteiger partial charge is 0.494 e. The number of hydrogen-bond acceptors (Lipinski definition) is 4. The topological polar surface area (TPSA) is 48.0 Å². The highest BCUT2D eigenvalue weighted by atomic mass is 16.7. The Labute approximate surface area is 175 Å². The summed E-state index contributed by atoms with van der Waals surface area (Å²) < 4.78 is 16.8. The fourth-order valence-corrected chi connectivity index (χ4v) is 4.41. The third-order valence-corrected chi connectivity index (χ3v) is 5.79. The second kappa shape index (κ2) is 7.41. The number of nitrogens with zero attached hydrogens (tertiary/aromatic N) is 1. The molecule has 0 saturated carbocycles. The summed E-state index contributed by atoms with van der Waals surface area (Å²) in [5.41, 5.74) is 3.71. The molecule has 2 aliphatic heterocycles. The van der Waals surface area contributed by atoms with E-state index in [2.05, 4.69) is 13.0 Å². The number of anilines is 1. The number of ether oxygens (including phenoxy) is 3. The first kappa shape index (κ1) is 18.6. The molecule has 3 aromatic rings. The van der Waals surface area contributed by atoms with Crippen LogP contribution in [0.2, 0.25) is 0 Å². The standard InChI is InChI=1S/C25H23NO4/c1-3-28-19-10-11-21-20(14-19)16(2)24(18-9-12-22-23(13-18)30-15-29-22)26(21)25(27)17-7-5-4-6-8-17/h4-14,16,24H,3,15H2,1-2H3/t16-,24-/m1/s1. The molecule has 0 spiro atoms. The summed E-state index contributed by atoms with van der Waals surface area (Å²) in [7, 11) is 0. The molecule has 152 valence electrons. The van der Waals surface area contributed by atoms with Crippen LogP contribution in [0.4, 0.5) is 5.69 Å². The van der Waals surface area contributed by atoms with E-state index in [1.807, 2.05) is 72.5 Å². The van der Waals surface area contributed by atoms with E-state index in [1.165, 1.54) is 0 Å². The maximum Gasteiger partial charge on any atom is 0.258 e. The van der Waals surface area contributed by atoms with Crippen LogP contribution >= 0.6 is 0 Å². The van der Waals surface area contributed by atoms with Crippen molar-refractivity contribution in [3.63, 3.8) is 0 Å². The number of carbonyl (C=O) groups excluding carboxylic acids is 1. The minimum Gasteiger partial charge on any atom is -0.494 e. The fourth-order valence-electron chi connectivity index (χ4n) is 4.41. The molecule has 5 heteroatoms. The van der Waals surface area contributed by atoms with E-state index >= 15 is 0 Å². The van der Waals surface area contributed by atoms with Crippen LogP contribution < -0.4 is 19.1 Å². The third kappa shape index (κ3) is 2.98. The molecule has 5 nitrogen and oxygen atoms in total. The van der Waals surface area contributed by atoms with Gasteiger partial charge in [0.05, 0.1) is 12.6 Å². The van der Waals surface area contributed by atoms with Gasteiger partial charge < -0.3 is 14.2 Å². The van der Waals surface area contributed by atoms with Gasteiger partial charge in [-0.25, -0.2) is 0 Å². The summed E-state index contributed by atoms with van der Waals surface area (Å²) in [6.07, 6.45) is 0. The van der Waals surface area contributed by atoms with Gasteiger partial charge >= 0.3 is 0 Å². The first-order chi connectivity index (χ1) is 14.7. The van der Waals surface area contributed by atoms with E-state index in [1.54, 1.807) is 0 Å². The van der Waals surface area contributed by atoms with Crippen LogP contribution in [0, 0.1) is 0 Å². The van der Waals surface area contributed by atoms with Crippen molar-refractivity contribution in [3.05, 3.63) is 83.4 Å². The Kier molecular flexibility index (Phi) is 4.58. The van der Waals surface area contributed by atoms with E-state index in [0.717, 1.165) is 34.1 Å². The quantitative estimate of drug-likeness (QED) is 0.594. The summed E-state index contributed by atoms with van der Waals surface area (Å²) in [5.74, 6) is 2.35. The molecule has 2 atom stereocenters. The van der Waals surface area contributed by atoms with Crippen molar-refractivity contribution < 1.29 is 19.0 Å². The zero-order chi connectivity index (χ0) is 20.7. The van der Waals surface area contributed by atoms with Crippen molar-refractivity contribution in [3.8, 4) is 17.2 Å². The molecule has 30 heavy (non-hydrogen) atoms. The first-order valence-corrected chi connectivity index (χ1v) is 10.2. The SMILES string of the molecule is CCOc1ccc2c(c1)[C@@H](C)[C@H](c1ccc3c(c1)OCO3)N2C(=O)c1ccccc1. The third-order valence-electron chi connectivity index (χ3n) is 5.79. The Bertz CT molecular complexity index is 1100. The molecular weight excluding hydrogens is 378 g/mol. The van der Waals surface area contributed by atoms with Gasteiger partial charge in [-0.2, -0.15) is 0 Å². The van der Waals surface area contributed by atoms with Crippen LogP contribution in [0.3, 0.4) is 0 Å². The molecule has 0 N–H and O–H groups in total. The van der Waals surface area contributed by atoms with E-state index < -0.39 is 0 Å². The Morgan fingerprint density at radius 3 is 2.63 bits per heavy atom. The van der Waals surface area contributed by atoms with Crippen LogP contribution in [-0.4, -0.2) is 19.3 Å². The molecule has 5 rings (SSSR count). The second-order valence-corrected chi connectivity index (χ2v) is 7.54. The maximum absolute atomic E-state index is 13.6. The minimum absolute atomic E-state index is 0.0203. The highest BCUT2D eigenvalue weighted by Gasteiger charge is 2.41. The van der Waals surface area contributed by atoms with Crippen LogP contribution in [0.1, 0.15) is 47.3 Å². The number of benzene rings is 3. The van der Waals surface area contributed by atoms with Crippen molar-refractivity contribution in [2.75, 3.05) is 18.3 Å². The average molecular weight is 401 g/mol. The smallest absolute Gasteiger partial charge is 0.258 e. The summed E-state index contributed by atoms with van der Waals surface area (Å²) in [5, 5.41) is 0. The summed E-state index contributed by atoms with van der Waals surface area (Å²) in [6.45, 7) is 4.95. The van der Waals surface area contributed by atoms with Gasteiger partial charge in [-0.3, -0.25) is 9.69 Å². The summed E-state index contributed by atoms with van der Waals surface area (Å²) in [4.78, 5) is 15.5. The highest BCUT2D eigenvalue weighted by Crippen LogP contribution is 2.51. The predicted molar refractivity (Wildman–Crippen MR) is 115 cm³/mol. The second-order valence-electron chi connectivity index (χ2n) is 7.54. The van der Waals surface area contributed by atoms with E-state index in [0.29, 0.717) is 12.2 Å². The molecule has 0 radical (unpaired) electrons. The molecular formula is C25H23NO4. The molecule has 0 bridgehead atoms. The lowest BCUT2D eigenvalue weighted by atomic mass is 9.91. The van der Waals surface area contributed by atoms with Gasteiger partial charge in [0.15, 0.2) is 11.5 Å². The summed E-state index contributed by atoms with van der Waals surface area (Å²) in [6, 6.07) is 21.2. The van der Waals surface area contributed by atoms with E-state index in [-0.39, 0.29) is 24.7 Å². The van der Waals surface area contributed by atoms with Crippen molar-refractivity contribution in [2.45, 2.75) is 25.8 Å². The van der Waals surface area contributed by atoms with Crippen LogP contribution in [0.15, 0.2) is 66.7 Å². The zero-order valence-corrected chi connectivity index (χ0v) is 17.0. The van der Waals surface area contributed by atoms with Crippen LogP contribution in [0.5, 0.6) is 17.2 Å². The zero-order valence-electron chi connectivity index (χ0n) is 17.0. The Morgan fingerprint density at radius 2 is 1.83 bits per heavy atom. The molecule has 0 fully saturated rings. The predicted octanol–water partition coefficient (Wildman–Crippen LogP) is 5.32. The molecule has 2 heterocycles. The van der Waals surface area contributed by atoms with Gasteiger partial charge in [-0.05, 0) is 60.5 Å². The Balaban J connectivity index is 1.62. The Morgan fingerprint density at radius 1 is 1.03 bits per heavy atom. The van der Waals surface area contributed by atoms with E-state index in [9.17, 15) is 4.79 Å². The number of hydrogen-bond donors (Lipinski definition) is 0. The number of rotatable bonds is 4. The van der Waals surface area contributed by atoms with Gasteiger partial charge in [0.2, 0.25) is 6.79 Å². The van der Waals surface area contributed by atoms with Crippen LogP contribution in [0.25, 0.3) is 0 Å². The lowest BCUT2D eigenvalue weighted by Crippen LogP contribution is -2.33. The number of amides is 1. The van der Waals surface area contributed by atoms with Gasteiger partial charge in [0.25, 0.3) is 5.91 Å².